The molecule has 1 aliphatic rings. The van der Waals surface area contributed by atoms with Crippen molar-refractivity contribution in [1.29, 1.82) is 0 Å². The second kappa shape index (κ2) is 8.65. The Morgan fingerprint density at radius 2 is 2.07 bits per heavy atom. The monoisotopic (exact) mass is 386 g/mol. The minimum absolute atomic E-state index is 0.0327. The minimum atomic E-state index is -0.483. The molecule has 28 heavy (non-hydrogen) atoms. The Kier molecular flexibility index (Phi) is 6.24. The molecule has 0 bridgehead atoms. The van der Waals surface area contributed by atoms with Crippen LogP contribution in [0.5, 0.6) is 0 Å². The van der Waals surface area contributed by atoms with Crippen molar-refractivity contribution in [2.45, 2.75) is 45.8 Å². The lowest BCUT2D eigenvalue weighted by Crippen LogP contribution is -2.52. The number of amides is 2. The van der Waals surface area contributed by atoms with Gasteiger partial charge in [-0.15, -0.1) is 0 Å². The number of halogens is 1. The normalized spacial score (nSPS) is 20.7. The molecule has 2 amide bonds. The minimum Gasteiger partial charge on any atom is -0.380 e. The van der Waals surface area contributed by atoms with Crippen LogP contribution >= 0.6 is 0 Å². The zero-order valence-electron chi connectivity index (χ0n) is 16.8. The van der Waals surface area contributed by atoms with Crippen LogP contribution in [-0.2, 0) is 4.74 Å². The lowest BCUT2D eigenvalue weighted by atomic mass is 9.90. The molecule has 150 valence electrons. The lowest BCUT2D eigenvalue weighted by Gasteiger charge is -2.41. The van der Waals surface area contributed by atoms with Crippen molar-refractivity contribution in [2.24, 2.45) is 5.92 Å². The number of urea groups is 1. The van der Waals surface area contributed by atoms with Gasteiger partial charge in [0.1, 0.15) is 0 Å². The first-order valence-corrected chi connectivity index (χ1v) is 9.58. The molecule has 3 atom stereocenters. The number of hydrogen-bond acceptors (Lipinski definition) is 4. The number of carbonyl (C=O) groups is 1. The Bertz CT molecular complexity index is 828. The number of carbonyl (C=O) groups excluding carboxylic acids is 1. The molecule has 3 rings (SSSR count). The van der Waals surface area contributed by atoms with Crippen LogP contribution in [0.3, 0.4) is 0 Å². The Morgan fingerprint density at radius 1 is 1.36 bits per heavy atom. The maximum Gasteiger partial charge on any atom is 0.322 e. The zero-order chi connectivity index (χ0) is 20.3. The summed E-state index contributed by atoms with van der Waals surface area (Å²) < 4.78 is 18.6. The van der Waals surface area contributed by atoms with Crippen LogP contribution in [0.25, 0.3) is 11.4 Å². The molecule has 2 unspecified atom stereocenters. The number of rotatable bonds is 4. The first-order chi connectivity index (χ1) is 13.4. The molecule has 1 aromatic heterocycles. The largest absolute Gasteiger partial charge is 0.380 e. The summed E-state index contributed by atoms with van der Waals surface area (Å²) in [7, 11) is 1.68. The highest BCUT2D eigenvalue weighted by atomic mass is 19.1. The standard InChI is InChI=1S/C21H27FN4O2/c1-13-7-8-26(19(9-13)15(3)28-4)21(27)25-17-6-5-14(2)18(10-17)20-23-11-16(22)12-24-20/h5-6,10-13,15,19H,7-9H2,1-4H3,(H,25,27)/t13?,15-,19?/m0/s1. The Balaban J connectivity index is 1.80. The predicted molar refractivity (Wildman–Crippen MR) is 107 cm³/mol. The molecule has 1 aromatic carbocycles. The average Bonchev–Trinajstić information content (AvgIpc) is 2.69. The molecule has 0 saturated carbocycles. The van der Waals surface area contributed by atoms with Gasteiger partial charge in [-0.3, -0.25) is 0 Å². The quantitative estimate of drug-likeness (QED) is 0.853. The van der Waals surface area contributed by atoms with Crippen molar-refractivity contribution >= 4 is 11.7 Å². The van der Waals surface area contributed by atoms with Crippen LogP contribution < -0.4 is 5.32 Å². The van der Waals surface area contributed by atoms with Gasteiger partial charge in [-0.1, -0.05) is 13.0 Å². The summed E-state index contributed by atoms with van der Waals surface area (Å²) in [5.74, 6) is 0.504. The summed E-state index contributed by atoms with van der Waals surface area (Å²) in [5, 5.41) is 2.99. The van der Waals surface area contributed by atoms with Gasteiger partial charge in [0.25, 0.3) is 0 Å². The van der Waals surface area contributed by atoms with Crippen LogP contribution in [0.2, 0.25) is 0 Å². The summed E-state index contributed by atoms with van der Waals surface area (Å²) in [5.41, 5.74) is 2.36. The van der Waals surface area contributed by atoms with Gasteiger partial charge in [0.2, 0.25) is 0 Å². The fraction of sp³-hybridized carbons (Fsp3) is 0.476. The number of methoxy groups -OCH3 is 1. The van der Waals surface area contributed by atoms with Crippen molar-refractivity contribution in [1.82, 2.24) is 14.9 Å². The zero-order valence-corrected chi connectivity index (χ0v) is 16.8. The number of hydrogen-bond donors (Lipinski definition) is 1. The van der Waals surface area contributed by atoms with E-state index in [-0.39, 0.29) is 18.2 Å². The van der Waals surface area contributed by atoms with Crippen LogP contribution in [0.1, 0.15) is 32.3 Å². The number of aromatic nitrogens is 2. The van der Waals surface area contributed by atoms with Crippen LogP contribution in [0.15, 0.2) is 30.6 Å². The Morgan fingerprint density at radius 3 is 2.75 bits per heavy atom. The third kappa shape index (κ3) is 4.47. The molecule has 1 saturated heterocycles. The van der Waals surface area contributed by atoms with Gasteiger partial charge in [-0.25, -0.2) is 19.2 Å². The van der Waals surface area contributed by atoms with E-state index in [1.807, 2.05) is 36.9 Å². The van der Waals surface area contributed by atoms with Crippen molar-refractivity contribution in [2.75, 3.05) is 19.0 Å². The summed E-state index contributed by atoms with van der Waals surface area (Å²) in [4.78, 5) is 22.9. The van der Waals surface area contributed by atoms with Crippen LogP contribution in [0, 0.1) is 18.7 Å². The van der Waals surface area contributed by atoms with E-state index in [9.17, 15) is 9.18 Å². The molecule has 7 heteroatoms. The molecule has 2 heterocycles. The first-order valence-electron chi connectivity index (χ1n) is 9.58. The third-order valence-corrected chi connectivity index (χ3v) is 5.43. The SMILES string of the molecule is CO[C@@H](C)C1CC(C)CCN1C(=O)Nc1ccc(C)c(-c2ncc(F)cn2)c1. The van der Waals surface area contributed by atoms with Gasteiger partial charge in [0, 0.05) is 24.9 Å². The van der Waals surface area contributed by atoms with Crippen LogP contribution in [-0.4, -0.2) is 46.7 Å². The van der Waals surface area contributed by atoms with Crippen molar-refractivity contribution in [3.8, 4) is 11.4 Å². The highest BCUT2D eigenvalue weighted by Gasteiger charge is 2.33. The number of nitrogens with one attached hydrogen (secondary N) is 1. The van der Waals surface area contributed by atoms with Gasteiger partial charge < -0.3 is 15.0 Å². The molecule has 1 N–H and O–H groups in total. The van der Waals surface area contributed by atoms with Gasteiger partial charge in [-0.05, 0) is 50.3 Å². The van der Waals surface area contributed by atoms with E-state index in [4.69, 9.17) is 4.74 Å². The van der Waals surface area contributed by atoms with Crippen molar-refractivity contribution < 1.29 is 13.9 Å². The van der Waals surface area contributed by atoms with E-state index in [1.165, 1.54) is 0 Å². The summed E-state index contributed by atoms with van der Waals surface area (Å²) in [6.07, 6.45) is 4.14. The smallest absolute Gasteiger partial charge is 0.322 e. The first kappa shape index (κ1) is 20.2. The lowest BCUT2D eigenvalue weighted by molar-refractivity contribution is 0.0160. The predicted octanol–water partition coefficient (Wildman–Crippen LogP) is 4.26. The van der Waals surface area contributed by atoms with Gasteiger partial charge in [0.05, 0.1) is 24.5 Å². The summed E-state index contributed by atoms with van der Waals surface area (Å²) in [6, 6.07) is 5.46. The van der Waals surface area contributed by atoms with E-state index in [0.717, 1.165) is 36.4 Å². The maximum atomic E-state index is 13.1. The molecule has 2 aromatic rings. The molecular formula is C21H27FN4O2. The van der Waals surface area contributed by atoms with Gasteiger partial charge in [0.15, 0.2) is 11.6 Å². The van der Waals surface area contributed by atoms with Crippen molar-refractivity contribution in [3.63, 3.8) is 0 Å². The van der Waals surface area contributed by atoms with Gasteiger partial charge >= 0.3 is 6.03 Å². The topological polar surface area (TPSA) is 67.3 Å². The number of ether oxygens (including phenoxy) is 1. The van der Waals surface area contributed by atoms with Gasteiger partial charge in [-0.2, -0.15) is 0 Å². The number of nitrogens with zero attached hydrogens (tertiary/aromatic N) is 3. The summed E-state index contributed by atoms with van der Waals surface area (Å²) in [6.45, 7) is 6.83. The molecule has 6 nitrogen and oxygen atoms in total. The highest BCUT2D eigenvalue weighted by molar-refractivity contribution is 5.90. The van der Waals surface area contributed by atoms with E-state index in [1.54, 1.807) is 7.11 Å². The van der Waals surface area contributed by atoms with E-state index < -0.39 is 5.82 Å². The highest BCUT2D eigenvalue weighted by Crippen LogP contribution is 2.28. The maximum absolute atomic E-state index is 13.1. The van der Waals surface area contributed by atoms with E-state index >= 15 is 0 Å². The summed E-state index contributed by atoms with van der Waals surface area (Å²) >= 11 is 0. The van der Waals surface area contributed by atoms with Crippen LogP contribution in [0.4, 0.5) is 14.9 Å². The number of piperidine rings is 1. The molecule has 1 aliphatic heterocycles. The fourth-order valence-corrected chi connectivity index (χ4v) is 3.62. The second-order valence-electron chi connectivity index (χ2n) is 7.52. The molecular weight excluding hydrogens is 359 g/mol. The van der Waals surface area contributed by atoms with E-state index in [0.29, 0.717) is 24.0 Å². The Hall–Kier alpha value is -2.54. The molecule has 0 spiro atoms. The number of benzene rings is 1. The molecule has 1 fully saturated rings. The third-order valence-electron chi connectivity index (χ3n) is 5.43. The fourth-order valence-electron chi connectivity index (χ4n) is 3.62. The average molecular weight is 386 g/mol. The Labute approximate surface area is 165 Å². The molecule has 0 aliphatic carbocycles. The number of likely N-dealkylation sites (tertiary alicyclic amines) is 1. The van der Waals surface area contributed by atoms with E-state index in [2.05, 4.69) is 22.2 Å². The number of anilines is 1. The second-order valence-corrected chi connectivity index (χ2v) is 7.52. The van der Waals surface area contributed by atoms with Crippen molar-refractivity contribution in [3.05, 3.63) is 42.0 Å². The molecule has 0 radical (unpaired) electrons. The number of aryl methyl sites for hydroxylation is 1.